The molecular weight excluding hydrogens is 328 g/mol. The van der Waals surface area contributed by atoms with Crippen LogP contribution in [0, 0.1) is 0 Å². The lowest BCUT2D eigenvalue weighted by Gasteiger charge is -2.18. The Bertz CT molecular complexity index is 782. The van der Waals surface area contributed by atoms with Crippen LogP contribution in [0.25, 0.3) is 0 Å². The van der Waals surface area contributed by atoms with E-state index in [1.165, 1.54) is 0 Å². The molecule has 1 aromatic heterocycles. The molecule has 0 spiro atoms. The number of methoxy groups -OCH3 is 1. The first-order chi connectivity index (χ1) is 12.7. The van der Waals surface area contributed by atoms with Gasteiger partial charge >= 0.3 is 0 Å². The summed E-state index contributed by atoms with van der Waals surface area (Å²) >= 11 is 0. The van der Waals surface area contributed by atoms with Crippen LogP contribution in [0.2, 0.25) is 0 Å². The van der Waals surface area contributed by atoms with Crippen molar-refractivity contribution in [3.63, 3.8) is 0 Å². The summed E-state index contributed by atoms with van der Waals surface area (Å²) in [5, 5.41) is 6.03. The van der Waals surface area contributed by atoms with Crippen molar-refractivity contribution in [2.24, 2.45) is 0 Å². The minimum absolute atomic E-state index is 0.161. The molecule has 1 amide bonds. The average Bonchev–Trinajstić information content (AvgIpc) is 2.69. The highest BCUT2D eigenvalue weighted by molar-refractivity contribution is 5.96. The van der Waals surface area contributed by atoms with Crippen molar-refractivity contribution in [1.82, 2.24) is 9.97 Å². The highest BCUT2D eigenvalue weighted by Crippen LogP contribution is 2.16. The minimum atomic E-state index is -0.512. The molecule has 1 heterocycles. The highest BCUT2D eigenvalue weighted by Gasteiger charge is 2.20. The van der Waals surface area contributed by atoms with Crippen LogP contribution < -0.4 is 15.4 Å². The van der Waals surface area contributed by atoms with Crippen LogP contribution >= 0.6 is 0 Å². The molecule has 2 aromatic carbocycles. The van der Waals surface area contributed by atoms with Crippen molar-refractivity contribution in [2.75, 3.05) is 17.7 Å². The Balaban J connectivity index is 1.75. The van der Waals surface area contributed by atoms with Gasteiger partial charge in [0.15, 0.2) is 0 Å². The van der Waals surface area contributed by atoms with Gasteiger partial charge in [0.1, 0.15) is 11.8 Å². The van der Waals surface area contributed by atoms with E-state index in [1.807, 2.05) is 30.3 Å². The fourth-order valence-electron chi connectivity index (χ4n) is 2.49. The van der Waals surface area contributed by atoms with E-state index >= 15 is 0 Å². The van der Waals surface area contributed by atoms with E-state index in [-0.39, 0.29) is 5.91 Å². The van der Waals surface area contributed by atoms with Gasteiger partial charge in [0, 0.05) is 24.5 Å². The second-order valence-electron chi connectivity index (χ2n) is 5.68. The van der Waals surface area contributed by atoms with Crippen molar-refractivity contribution in [1.29, 1.82) is 0 Å². The fraction of sp³-hybridized carbons (Fsp3) is 0.150. The number of hydrogen-bond acceptors (Lipinski definition) is 5. The number of ether oxygens (including phenoxy) is 1. The van der Waals surface area contributed by atoms with E-state index in [2.05, 4.69) is 20.6 Å². The van der Waals surface area contributed by atoms with Gasteiger partial charge in [-0.15, -0.1) is 0 Å². The number of nitrogens with zero attached hydrogens (tertiary/aromatic N) is 2. The summed E-state index contributed by atoms with van der Waals surface area (Å²) in [4.78, 5) is 21.1. The Hall–Kier alpha value is -3.41. The number of anilines is 2. The third-order valence-electron chi connectivity index (χ3n) is 3.83. The molecule has 0 fully saturated rings. The largest absolute Gasteiger partial charge is 0.497 e. The Morgan fingerprint density at radius 1 is 1.00 bits per heavy atom. The number of carbonyl (C=O) groups excluding carboxylic acids is 1. The maximum Gasteiger partial charge on any atom is 0.247 e. The van der Waals surface area contributed by atoms with E-state index in [1.54, 1.807) is 49.8 Å². The predicted octanol–water partition coefficient (Wildman–Crippen LogP) is 3.15. The second-order valence-corrected chi connectivity index (χ2v) is 5.68. The maximum atomic E-state index is 12.8. The number of hydrogen-bond donors (Lipinski definition) is 2. The van der Waals surface area contributed by atoms with E-state index in [9.17, 15) is 4.79 Å². The molecule has 0 aliphatic rings. The molecule has 0 saturated heterocycles. The molecule has 132 valence electrons. The van der Waals surface area contributed by atoms with Gasteiger partial charge in [0.05, 0.1) is 7.11 Å². The smallest absolute Gasteiger partial charge is 0.247 e. The summed E-state index contributed by atoms with van der Waals surface area (Å²) in [6.07, 6.45) is 3.79. The molecule has 6 nitrogen and oxygen atoms in total. The van der Waals surface area contributed by atoms with Crippen LogP contribution in [0.1, 0.15) is 5.56 Å². The summed E-state index contributed by atoms with van der Waals surface area (Å²) in [6, 6.07) is 18.2. The molecule has 0 saturated carbocycles. The van der Waals surface area contributed by atoms with Crippen molar-refractivity contribution >= 4 is 17.5 Å². The average molecular weight is 348 g/mol. The molecule has 3 aromatic rings. The van der Waals surface area contributed by atoms with Crippen molar-refractivity contribution in [3.8, 4) is 5.75 Å². The number of carbonyl (C=O) groups is 1. The minimum Gasteiger partial charge on any atom is -0.497 e. The monoisotopic (exact) mass is 348 g/mol. The number of aromatic nitrogens is 2. The van der Waals surface area contributed by atoms with Crippen LogP contribution in [0.5, 0.6) is 5.75 Å². The van der Waals surface area contributed by atoms with Crippen LogP contribution in [0.15, 0.2) is 73.1 Å². The zero-order chi connectivity index (χ0) is 18.2. The van der Waals surface area contributed by atoms with Gasteiger partial charge < -0.3 is 15.4 Å². The quantitative estimate of drug-likeness (QED) is 0.686. The molecule has 3 rings (SSSR count). The summed E-state index contributed by atoms with van der Waals surface area (Å²) < 4.78 is 5.14. The molecule has 6 heteroatoms. The molecule has 1 atom stereocenters. The lowest BCUT2D eigenvalue weighted by Crippen LogP contribution is -2.37. The normalized spacial score (nSPS) is 11.4. The molecule has 26 heavy (non-hydrogen) atoms. The Kier molecular flexibility index (Phi) is 5.77. The van der Waals surface area contributed by atoms with Gasteiger partial charge in [-0.3, -0.25) is 4.79 Å². The zero-order valence-corrected chi connectivity index (χ0v) is 14.4. The van der Waals surface area contributed by atoms with Gasteiger partial charge in [-0.1, -0.05) is 30.3 Å². The number of nitrogens with one attached hydrogen (secondary N) is 2. The molecule has 0 radical (unpaired) electrons. The molecule has 0 aliphatic carbocycles. The van der Waals surface area contributed by atoms with Crippen molar-refractivity contribution in [2.45, 2.75) is 12.5 Å². The van der Waals surface area contributed by atoms with Gasteiger partial charge in [-0.05, 0) is 35.9 Å². The molecular formula is C20H20N4O2. The summed E-state index contributed by atoms with van der Waals surface area (Å²) in [7, 11) is 1.60. The van der Waals surface area contributed by atoms with Crippen LogP contribution in [0.4, 0.5) is 11.6 Å². The first-order valence-corrected chi connectivity index (χ1v) is 8.27. The van der Waals surface area contributed by atoms with Gasteiger partial charge in [-0.25, -0.2) is 9.97 Å². The van der Waals surface area contributed by atoms with E-state index in [0.29, 0.717) is 18.1 Å². The number of benzene rings is 2. The number of rotatable bonds is 7. The Labute approximate surface area is 152 Å². The first kappa shape index (κ1) is 17.4. The van der Waals surface area contributed by atoms with Gasteiger partial charge in [-0.2, -0.15) is 0 Å². The zero-order valence-electron chi connectivity index (χ0n) is 14.4. The molecule has 0 bridgehead atoms. The van der Waals surface area contributed by atoms with Crippen LogP contribution in [-0.4, -0.2) is 29.0 Å². The lowest BCUT2D eigenvalue weighted by molar-refractivity contribution is -0.116. The molecule has 1 unspecified atom stereocenters. The lowest BCUT2D eigenvalue weighted by atomic mass is 10.1. The third-order valence-corrected chi connectivity index (χ3v) is 3.83. The van der Waals surface area contributed by atoms with Crippen LogP contribution in [0.3, 0.4) is 0 Å². The van der Waals surface area contributed by atoms with E-state index in [0.717, 1.165) is 11.3 Å². The highest BCUT2D eigenvalue weighted by atomic mass is 16.5. The summed E-state index contributed by atoms with van der Waals surface area (Å²) in [6.45, 7) is 0. The standard InChI is InChI=1S/C20H20N4O2/c1-26-17-10-8-16(9-11-17)23-19(25)18(14-15-6-3-2-4-7-15)24-20-21-12-5-13-22-20/h2-13,18H,14H2,1H3,(H,23,25)(H,21,22,24). The Morgan fingerprint density at radius 2 is 1.69 bits per heavy atom. The molecule has 0 aliphatic heterocycles. The predicted molar refractivity (Wildman–Crippen MR) is 101 cm³/mol. The van der Waals surface area contributed by atoms with Crippen molar-refractivity contribution < 1.29 is 9.53 Å². The van der Waals surface area contributed by atoms with Gasteiger partial charge in [0.2, 0.25) is 11.9 Å². The van der Waals surface area contributed by atoms with E-state index in [4.69, 9.17) is 4.74 Å². The van der Waals surface area contributed by atoms with Gasteiger partial charge in [0.25, 0.3) is 0 Å². The third kappa shape index (κ3) is 4.80. The first-order valence-electron chi connectivity index (χ1n) is 8.27. The topological polar surface area (TPSA) is 76.1 Å². The van der Waals surface area contributed by atoms with E-state index < -0.39 is 6.04 Å². The fourth-order valence-corrected chi connectivity index (χ4v) is 2.49. The maximum absolute atomic E-state index is 12.8. The number of amides is 1. The SMILES string of the molecule is COc1ccc(NC(=O)C(Cc2ccccc2)Nc2ncccn2)cc1. The van der Waals surface area contributed by atoms with Crippen molar-refractivity contribution in [3.05, 3.63) is 78.6 Å². The summed E-state index contributed by atoms with van der Waals surface area (Å²) in [5.41, 5.74) is 1.75. The summed E-state index contributed by atoms with van der Waals surface area (Å²) in [5.74, 6) is 0.990. The molecule has 2 N–H and O–H groups in total. The Morgan fingerprint density at radius 3 is 2.35 bits per heavy atom. The van der Waals surface area contributed by atoms with Crippen LogP contribution in [-0.2, 0) is 11.2 Å². The second kappa shape index (κ2) is 8.62.